The standard InChI is InChI=1S/C13H22N4O/c1-2-10-5-3-4-6-11(10)13(18)12-9-17(8-7-14)16-15-12/h9-11H,2-8,14H2,1H3. The van der Waals surface area contributed by atoms with E-state index in [1.54, 1.807) is 10.9 Å². The quantitative estimate of drug-likeness (QED) is 0.806. The summed E-state index contributed by atoms with van der Waals surface area (Å²) in [6.45, 7) is 3.29. The smallest absolute Gasteiger partial charge is 0.188 e. The van der Waals surface area contributed by atoms with Gasteiger partial charge in [-0.1, -0.05) is 31.4 Å². The number of carbonyl (C=O) groups is 1. The molecule has 2 unspecified atom stereocenters. The molecular weight excluding hydrogens is 228 g/mol. The van der Waals surface area contributed by atoms with E-state index in [4.69, 9.17) is 5.73 Å². The molecule has 18 heavy (non-hydrogen) atoms. The Hall–Kier alpha value is -1.23. The SMILES string of the molecule is CCC1CCCCC1C(=O)c1cn(CCN)nn1. The highest BCUT2D eigenvalue weighted by molar-refractivity contribution is 5.96. The number of ketones is 1. The fraction of sp³-hybridized carbons (Fsp3) is 0.769. The number of carbonyl (C=O) groups excluding carboxylic acids is 1. The minimum atomic E-state index is 0.145. The second-order valence-corrected chi connectivity index (χ2v) is 5.08. The number of aromatic nitrogens is 3. The van der Waals surface area contributed by atoms with Gasteiger partial charge in [0.15, 0.2) is 5.78 Å². The highest BCUT2D eigenvalue weighted by Crippen LogP contribution is 2.34. The van der Waals surface area contributed by atoms with Crippen LogP contribution in [0.25, 0.3) is 0 Å². The number of Topliss-reactive ketones (excluding diaryl/α,β-unsaturated/α-hetero) is 1. The molecule has 2 atom stereocenters. The molecule has 2 N–H and O–H groups in total. The molecule has 1 aromatic rings. The fourth-order valence-electron chi connectivity index (χ4n) is 2.88. The first-order valence-electron chi connectivity index (χ1n) is 6.90. The minimum absolute atomic E-state index is 0.145. The summed E-state index contributed by atoms with van der Waals surface area (Å²) in [7, 11) is 0. The average molecular weight is 250 g/mol. The lowest BCUT2D eigenvalue weighted by atomic mass is 9.75. The summed E-state index contributed by atoms with van der Waals surface area (Å²) in [5, 5.41) is 7.93. The maximum atomic E-state index is 12.4. The van der Waals surface area contributed by atoms with Crippen LogP contribution in [0.5, 0.6) is 0 Å². The molecule has 0 saturated heterocycles. The number of hydrogen-bond donors (Lipinski definition) is 1. The molecule has 1 saturated carbocycles. The Kier molecular flexibility index (Phi) is 4.47. The van der Waals surface area contributed by atoms with Crippen molar-refractivity contribution < 1.29 is 4.79 Å². The predicted octanol–water partition coefficient (Wildman–Crippen LogP) is 1.64. The minimum Gasteiger partial charge on any atom is -0.329 e. The highest BCUT2D eigenvalue weighted by Gasteiger charge is 2.31. The first kappa shape index (κ1) is 13.2. The van der Waals surface area contributed by atoms with Crippen LogP contribution in [-0.4, -0.2) is 27.3 Å². The Morgan fingerprint density at radius 2 is 2.28 bits per heavy atom. The van der Waals surface area contributed by atoms with Crippen molar-refractivity contribution in [1.29, 1.82) is 0 Å². The van der Waals surface area contributed by atoms with E-state index < -0.39 is 0 Å². The maximum Gasteiger partial charge on any atom is 0.188 e. The van der Waals surface area contributed by atoms with Gasteiger partial charge < -0.3 is 5.73 Å². The Morgan fingerprint density at radius 1 is 1.50 bits per heavy atom. The molecule has 1 aromatic heterocycles. The lowest BCUT2D eigenvalue weighted by Gasteiger charge is -2.28. The van der Waals surface area contributed by atoms with Crippen LogP contribution in [-0.2, 0) is 6.54 Å². The molecule has 5 heteroatoms. The molecule has 100 valence electrons. The van der Waals surface area contributed by atoms with E-state index in [1.165, 1.54) is 12.8 Å². The number of hydrogen-bond acceptors (Lipinski definition) is 4. The molecule has 5 nitrogen and oxygen atoms in total. The van der Waals surface area contributed by atoms with Crippen LogP contribution < -0.4 is 5.73 Å². The molecule has 2 rings (SSSR count). The van der Waals surface area contributed by atoms with Crippen LogP contribution >= 0.6 is 0 Å². The second kappa shape index (κ2) is 6.09. The summed E-state index contributed by atoms with van der Waals surface area (Å²) < 4.78 is 1.65. The Balaban J connectivity index is 2.08. The van der Waals surface area contributed by atoms with E-state index in [0.717, 1.165) is 19.3 Å². The Morgan fingerprint density at radius 3 is 3.00 bits per heavy atom. The normalized spacial score (nSPS) is 24.1. The van der Waals surface area contributed by atoms with E-state index >= 15 is 0 Å². The molecule has 0 aliphatic heterocycles. The third-order valence-electron chi connectivity index (χ3n) is 3.92. The fourth-order valence-corrected chi connectivity index (χ4v) is 2.88. The maximum absolute atomic E-state index is 12.4. The van der Waals surface area contributed by atoms with Gasteiger partial charge in [0.05, 0.1) is 12.7 Å². The van der Waals surface area contributed by atoms with E-state index in [9.17, 15) is 4.79 Å². The molecular formula is C13H22N4O. The monoisotopic (exact) mass is 250 g/mol. The van der Waals surface area contributed by atoms with E-state index in [1.807, 2.05) is 0 Å². The van der Waals surface area contributed by atoms with Crippen LogP contribution in [0.1, 0.15) is 49.5 Å². The molecule has 1 aliphatic rings. The van der Waals surface area contributed by atoms with Gasteiger partial charge in [-0.2, -0.15) is 0 Å². The molecule has 0 amide bonds. The van der Waals surface area contributed by atoms with E-state index in [2.05, 4.69) is 17.2 Å². The zero-order chi connectivity index (χ0) is 13.0. The molecule has 0 spiro atoms. The first-order chi connectivity index (χ1) is 8.76. The van der Waals surface area contributed by atoms with Crippen molar-refractivity contribution in [1.82, 2.24) is 15.0 Å². The van der Waals surface area contributed by atoms with E-state index in [-0.39, 0.29) is 11.7 Å². The summed E-state index contributed by atoms with van der Waals surface area (Å²) in [5.41, 5.74) is 5.97. The van der Waals surface area contributed by atoms with Gasteiger partial charge in [0.1, 0.15) is 5.69 Å². The zero-order valence-electron chi connectivity index (χ0n) is 11.0. The molecule has 1 fully saturated rings. The average Bonchev–Trinajstić information content (AvgIpc) is 2.87. The van der Waals surface area contributed by atoms with Crippen LogP contribution in [0.2, 0.25) is 0 Å². The molecule has 0 aromatic carbocycles. The van der Waals surface area contributed by atoms with Crippen LogP contribution in [0.15, 0.2) is 6.20 Å². The topological polar surface area (TPSA) is 73.8 Å². The summed E-state index contributed by atoms with van der Waals surface area (Å²) in [4.78, 5) is 12.4. The third-order valence-corrected chi connectivity index (χ3v) is 3.92. The lowest BCUT2D eigenvalue weighted by molar-refractivity contribution is 0.0815. The number of rotatable bonds is 5. The summed E-state index contributed by atoms with van der Waals surface area (Å²) >= 11 is 0. The van der Waals surface area contributed by atoms with Crippen molar-refractivity contribution in [3.8, 4) is 0 Å². The summed E-state index contributed by atoms with van der Waals surface area (Å²) in [6, 6.07) is 0. The summed E-state index contributed by atoms with van der Waals surface area (Å²) in [6.07, 6.45) is 7.39. The molecule has 1 aliphatic carbocycles. The van der Waals surface area contributed by atoms with Crippen molar-refractivity contribution >= 4 is 5.78 Å². The van der Waals surface area contributed by atoms with Gasteiger partial charge in [0.25, 0.3) is 0 Å². The van der Waals surface area contributed by atoms with Gasteiger partial charge in [0.2, 0.25) is 0 Å². The van der Waals surface area contributed by atoms with Crippen LogP contribution in [0, 0.1) is 11.8 Å². The van der Waals surface area contributed by atoms with Gasteiger partial charge in [0, 0.05) is 12.5 Å². The van der Waals surface area contributed by atoms with Crippen molar-refractivity contribution in [2.45, 2.75) is 45.6 Å². The van der Waals surface area contributed by atoms with Gasteiger partial charge in [-0.05, 0) is 18.8 Å². The molecule has 0 bridgehead atoms. The van der Waals surface area contributed by atoms with Crippen LogP contribution in [0.3, 0.4) is 0 Å². The molecule has 0 radical (unpaired) electrons. The molecule has 1 heterocycles. The van der Waals surface area contributed by atoms with Gasteiger partial charge >= 0.3 is 0 Å². The van der Waals surface area contributed by atoms with Gasteiger partial charge in [-0.15, -0.1) is 5.10 Å². The highest BCUT2D eigenvalue weighted by atomic mass is 16.1. The second-order valence-electron chi connectivity index (χ2n) is 5.08. The van der Waals surface area contributed by atoms with Crippen LogP contribution in [0.4, 0.5) is 0 Å². The third kappa shape index (κ3) is 2.77. The Bertz CT molecular complexity index is 401. The van der Waals surface area contributed by atoms with Gasteiger partial charge in [-0.3, -0.25) is 9.48 Å². The summed E-state index contributed by atoms with van der Waals surface area (Å²) in [5.74, 6) is 0.836. The van der Waals surface area contributed by atoms with Crippen molar-refractivity contribution in [2.24, 2.45) is 17.6 Å². The van der Waals surface area contributed by atoms with Crippen molar-refractivity contribution in [3.05, 3.63) is 11.9 Å². The number of nitrogens with zero attached hydrogens (tertiary/aromatic N) is 3. The number of nitrogens with two attached hydrogens (primary N) is 1. The van der Waals surface area contributed by atoms with Crippen molar-refractivity contribution in [2.75, 3.05) is 6.54 Å². The van der Waals surface area contributed by atoms with Crippen molar-refractivity contribution in [3.63, 3.8) is 0 Å². The first-order valence-corrected chi connectivity index (χ1v) is 6.90. The van der Waals surface area contributed by atoms with E-state index in [0.29, 0.717) is 24.7 Å². The Labute approximate surface area is 108 Å². The lowest BCUT2D eigenvalue weighted by Crippen LogP contribution is -2.27. The largest absolute Gasteiger partial charge is 0.329 e. The zero-order valence-corrected chi connectivity index (χ0v) is 11.0. The van der Waals surface area contributed by atoms with Gasteiger partial charge in [-0.25, -0.2) is 0 Å². The predicted molar refractivity (Wildman–Crippen MR) is 69.1 cm³/mol.